The molecule has 0 unspecified atom stereocenters. The minimum absolute atomic E-state index is 0.389. The van der Waals surface area contributed by atoms with Crippen molar-refractivity contribution in [2.24, 2.45) is 5.73 Å². The molecular formula is C12H21N3O2S. The van der Waals surface area contributed by atoms with Crippen molar-refractivity contribution in [3.63, 3.8) is 0 Å². The normalized spacial score (nSPS) is 11.8. The topological polar surface area (TPSA) is 75.4 Å². The second-order valence-corrected chi connectivity index (χ2v) is 5.72. The van der Waals surface area contributed by atoms with E-state index in [2.05, 4.69) is 4.72 Å². The fourth-order valence-corrected chi connectivity index (χ4v) is 2.98. The standard InChI is InChI=1S/C12H21N3O2S/c1-4-15(5-2)18(16,17)14-12-8-11(9-13)7-6-10(12)3/h6-8,14H,4-5,9,13H2,1-3H3. The lowest BCUT2D eigenvalue weighted by atomic mass is 10.1. The molecule has 102 valence electrons. The van der Waals surface area contributed by atoms with Gasteiger partial charge in [0.15, 0.2) is 0 Å². The van der Waals surface area contributed by atoms with E-state index >= 15 is 0 Å². The van der Waals surface area contributed by atoms with Gasteiger partial charge in [-0.2, -0.15) is 12.7 Å². The molecule has 6 heteroatoms. The fourth-order valence-electron chi connectivity index (χ4n) is 1.67. The number of anilines is 1. The van der Waals surface area contributed by atoms with Gasteiger partial charge in [0, 0.05) is 19.6 Å². The van der Waals surface area contributed by atoms with Crippen LogP contribution < -0.4 is 10.5 Å². The van der Waals surface area contributed by atoms with Gasteiger partial charge < -0.3 is 5.73 Å². The van der Waals surface area contributed by atoms with Crippen LogP contribution in [0.25, 0.3) is 0 Å². The number of aryl methyl sites for hydroxylation is 1. The first-order chi connectivity index (χ1) is 8.44. The third kappa shape index (κ3) is 3.44. The highest BCUT2D eigenvalue weighted by Gasteiger charge is 2.19. The molecule has 0 saturated heterocycles. The Labute approximate surface area is 109 Å². The number of nitrogens with one attached hydrogen (secondary N) is 1. The first-order valence-electron chi connectivity index (χ1n) is 6.02. The molecule has 3 N–H and O–H groups in total. The minimum Gasteiger partial charge on any atom is -0.326 e. The summed E-state index contributed by atoms with van der Waals surface area (Å²) in [6.45, 7) is 6.77. The van der Waals surface area contributed by atoms with E-state index in [4.69, 9.17) is 5.73 Å². The van der Waals surface area contributed by atoms with Gasteiger partial charge in [0.2, 0.25) is 0 Å². The highest BCUT2D eigenvalue weighted by atomic mass is 32.2. The van der Waals surface area contributed by atoms with E-state index in [0.29, 0.717) is 25.3 Å². The Hall–Kier alpha value is -1.11. The summed E-state index contributed by atoms with van der Waals surface area (Å²) in [6, 6.07) is 5.53. The molecule has 0 saturated carbocycles. The van der Waals surface area contributed by atoms with Crippen LogP contribution in [0.3, 0.4) is 0 Å². The maximum absolute atomic E-state index is 12.1. The van der Waals surface area contributed by atoms with E-state index in [1.165, 1.54) is 4.31 Å². The summed E-state index contributed by atoms with van der Waals surface area (Å²) in [5.74, 6) is 0. The van der Waals surface area contributed by atoms with Crippen molar-refractivity contribution in [1.29, 1.82) is 0 Å². The summed E-state index contributed by atoms with van der Waals surface area (Å²) in [5.41, 5.74) is 7.92. The van der Waals surface area contributed by atoms with Crippen LogP contribution in [0.4, 0.5) is 5.69 Å². The fraction of sp³-hybridized carbons (Fsp3) is 0.500. The monoisotopic (exact) mass is 271 g/mol. The maximum Gasteiger partial charge on any atom is 0.301 e. The highest BCUT2D eigenvalue weighted by Crippen LogP contribution is 2.19. The molecule has 0 atom stereocenters. The molecule has 18 heavy (non-hydrogen) atoms. The number of nitrogens with zero attached hydrogens (tertiary/aromatic N) is 1. The van der Waals surface area contributed by atoms with Gasteiger partial charge in [0.05, 0.1) is 5.69 Å². The zero-order chi connectivity index (χ0) is 13.8. The quantitative estimate of drug-likeness (QED) is 0.822. The molecule has 0 aliphatic heterocycles. The molecule has 5 nitrogen and oxygen atoms in total. The SMILES string of the molecule is CCN(CC)S(=O)(=O)Nc1cc(CN)ccc1C. The number of hydrogen-bond donors (Lipinski definition) is 2. The lowest BCUT2D eigenvalue weighted by Crippen LogP contribution is -2.35. The summed E-state index contributed by atoms with van der Waals surface area (Å²) in [4.78, 5) is 0. The van der Waals surface area contributed by atoms with Crippen molar-refractivity contribution in [2.45, 2.75) is 27.3 Å². The Morgan fingerprint density at radius 3 is 2.39 bits per heavy atom. The van der Waals surface area contributed by atoms with Gasteiger partial charge >= 0.3 is 10.2 Å². The van der Waals surface area contributed by atoms with Gasteiger partial charge in [-0.15, -0.1) is 0 Å². The largest absolute Gasteiger partial charge is 0.326 e. The van der Waals surface area contributed by atoms with Crippen molar-refractivity contribution in [1.82, 2.24) is 4.31 Å². The molecule has 0 spiro atoms. The minimum atomic E-state index is -3.48. The predicted octanol–water partition coefficient (Wildman–Crippen LogP) is 1.45. The number of benzene rings is 1. The Kier molecular flexibility index (Phi) is 5.13. The van der Waals surface area contributed by atoms with Gasteiger partial charge in [-0.1, -0.05) is 26.0 Å². The predicted molar refractivity (Wildman–Crippen MR) is 74.5 cm³/mol. The number of rotatable bonds is 6. The van der Waals surface area contributed by atoms with Crippen molar-refractivity contribution in [3.05, 3.63) is 29.3 Å². The molecule has 0 amide bonds. The van der Waals surface area contributed by atoms with E-state index in [9.17, 15) is 8.42 Å². The van der Waals surface area contributed by atoms with Gasteiger partial charge in [0.1, 0.15) is 0 Å². The first kappa shape index (κ1) is 14.9. The Morgan fingerprint density at radius 2 is 1.89 bits per heavy atom. The van der Waals surface area contributed by atoms with Gasteiger partial charge in [0.25, 0.3) is 0 Å². The van der Waals surface area contributed by atoms with Crippen LogP contribution in [0.1, 0.15) is 25.0 Å². The Bertz CT molecular complexity index is 496. The van der Waals surface area contributed by atoms with Crippen molar-refractivity contribution in [3.8, 4) is 0 Å². The van der Waals surface area contributed by atoms with Crippen LogP contribution in [0.15, 0.2) is 18.2 Å². The zero-order valence-electron chi connectivity index (χ0n) is 11.1. The molecule has 1 aromatic carbocycles. The third-order valence-corrected chi connectivity index (χ3v) is 4.50. The van der Waals surface area contributed by atoms with Crippen LogP contribution in [-0.2, 0) is 16.8 Å². The summed E-state index contributed by atoms with van der Waals surface area (Å²) in [7, 11) is -3.48. The first-order valence-corrected chi connectivity index (χ1v) is 7.46. The van der Waals surface area contributed by atoms with Crippen LogP contribution in [0.5, 0.6) is 0 Å². The molecule has 0 heterocycles. The van der Waals surface area contributed by atoms with E-state index in [-0.39, 0.29) is 0 Å². The smallest absolute Gasteiger partial charge is 0.301 e. The average molecular weight is 271 g/mol. The zero-order valence-corrected chi connectivity index (χ0v) is 11.9. The molecule has 0 aliphatic carbocycles. The van der Waals surface area contributed by atoms with E-state index in [1.54, 1.807) is 6.07 Å². The third-order valence-electron chi connectivity index (χ3n) is 2.82. The van der Waals surface area contributed by atoms with E-state index in [0.717, 1.165) is 11.1 Å². The maximum atomic E-state index is 12.1. The lowest BCUT2D eigenvalue weighted by Gasteiger charge is -2.20. The molecule has 0 fully saturated rings. The van der Waals surface area contributed by atoms with Crippen molar-refractivity contribution < 1.29 is 8.42 Å². The van der Waals surface area contributed by atoms with Gasteiger partial charge in [-0.25, -0.2) is 0 Å². The van der Waals surface area contributed by atoms with E-state index < -0.39 is 10.2 Å². The summed E-state index contributed by atoms with van der Waals surface area (Å²) in [5, 5.41) is 0. The van der Waals surface area contributed by atoms with Crippen LogP contribution in [0.2, 0.25) is 0 Å². The van der Waals surface area contributed by atoms with Crippen molar-refractivity contribution in [2.75, 3.05) is 17.8 Å². The lowest BCUT2D eigenvalue weighted by molar-refractivity contribution is 0.449. The van der Waals surface area contributed by atoms with Gasteiger partial charge in [-0.05, 0) is 24.1 Å². The molecule has 0 bridgehead atoms. The average Bonchev–Trinajstić information content (AvgIpc) is 2.33. The van der Waals surface area contributed by atoms with Crippen LogP contribution in [0, 0.1) is 6.92 Å². The van der Waals surface area contributed by atoms with E-state index in [1.807, 2.05) is 32.9 Å². The Morgan fingerprint density at radius 1 is 1.28 bits per heavy atom. The summed E-state index contributed by atoms with van der Waals surface area (Å²) < 4.78 is 28.2. The summed E-state index contributed by atoms with van der Waals surface area (Å²) in [6.07, 6.45) is 0. The highest BCUT2D eigenvalue weighted by molar-refractivity contribution is 7.90. The molecule has 1 rings (SSSR count). The molecule has 0 radical (unpaired) electrons. The second-order valence-electron chi connectivity index (χ2n) is 4.04. The van der Waals surface area contributed by atoms with Crippen LogP contribution in [-0.4, -0.2) is 25.8 Å². The molecular weight excluding hydrogens is 250 g/mol. The summed E-state index contributed by atoms with van der Waals surface area (Å²) >= 11 is 0. The second kappa shape index (κ2) is 6.17. The molecule has 0 aromatic heterocycles. The van der Waals surface area contributed by atoms with Crippen LogP contribution >= 0.6 is 0 Å². The number of hydrogen-bond acceptors (Lipinski definition) is 3. The van der Waals surface area contributed by atoms with Gasteiger partial charge in [-0.3, -0.25) is 4.72 Å². The van der Waals surface area contributed by atoms with Crippen molar-refractivity contribution >= 4 is 15.9 Å². The molecule has 0 aliphatic rings. The number of nitrogens with two attached hydrogens (primary N) is 1. The Balaban J connectivity index is 3.03. The molecule has 1 aromatic rings.